The van der Waals surface area contributed by atoms with Gasteiger partial charge >= 0.3 is 0 Å². The minimum Gasteiger partial charge on any atom is -0.376 e. The number of rotatable bonds is 5. The molecule has 0 unspecified atom stereocenters. The molecule has 1 saturated heterocycles. The van der Waals surface area contributed by atoms with E-state index in [0.29, 0.717) is 38.3 Å². The summed E-state index contributed by atoms with van der Waals surface area (Å²) in [5.41, 5.74) is 0.594. The van der Waals surface area contributed by atoms with Crippen LogP contribution in [0.25, 0.3) is 0 Å². The molecule has 0 radical (unpaired) electrons. The Balaban J connectivity index is 1.70. The zero-order chi connectivity index (χ0) is 14.4. The van der Waals surface area contributed by atoms with E-state index in [1.165, 1.54) is 6.07 Å². The maximum absolute atomic E-state index is 13.0. The van der Waals surface area contributed by atoms with Gasteiger partial charge in [0.2, 0.25) is 5.91 Å². The smallest absolute Gasteiger partial charge is 0.220 e. The molecule has 1 fully saturated rings. The summed E-state index contributed by atoms with van der Waals surface area (Å²) in [6, 6.07) is 3.65. The van der Waals surface area contributed by atoms with Crippen LogP contribution in [-0.2, 0) is 20.7 Å². The van der Waals surface area contributed by atoms with Gasteiger partial charge in [-0.2, -0.15) is 0 Å². The van der Waals surface area contributed by atoms with Crippen molar-refractivity contribution in [2.75, 3.05) is 26.4 Å². The lowest BCUT2D eigenvalue weighted by atomic mass is 10.1. The molecule has 110 valence electrons. The summed E-state index contributed by atoms with van der Waals surface area (Å²) < 4.78 is 36.3. The van der Waals surface area contributed by atoms with Gasteiger partial charge in [-0.15, -0.1) is 0 Å². The van der Waals surface area contributed by atoms with Crippen LogP contribution >= 0.6 is 0 Å². The molecule has 0 saturated carbocycles. The van der Waals surface area contributed by atoms with Crippen molar-refractivity contribution in [1.82, 2.24) is 5.32 Å². The summed E-state index contributed by atoms with van der Waals surface area (Å²) in [6.45, 7) is 2.00. The van der Waals surface area contributed by atoms with Gasteiger partial charge in [0, 0.05) is 13.0 Å². The number of ether oxygens (including phenoxy) is 2. The Hall–Kier alpha value is -1.53. The molecule has 20 heavy (non-hydrogen) atoms. The van der Waals surface area contributed by atoms with Crippen LogP contribution < -0.4 is 5.32 Å². The summed E-state index contributed by atoms with van der Waals surface area (Å²) in [4.78, 5) is 11.6. The number of carbonyl (C=O) groups is 1. The van der Waals surface area contributed by atoms with Crippen molar-refractivity contribution in [2.45, 2.75) is 18.9 Å². The maximum Gasteiger partial charge on any atom is 0.220 e. The first-order valence-corrected chi connectivity index (χ1v) is 6.55. The number of carbonyl (C=O) groups excluding carboxylic acids is 1. The molecule has 1 heterocycles. The van der Waals surface area contributed by atoms with Gasteiger partial charge in [0.05, 0.1) is 25.9 Å². The first kappa shape index (κ1) is 14.9. The fraction of sp³-hybridized carbons (Fsp3) is 0.500. The summed E-state index contributed by atoms with van der Waals surface area (Å²) >= 11 is 0. The highest BCUT2D eigenvalue weighted by atomic mass is 19.2. The molecule has 1 aromatic carbocycles. The number of hydrogen-bond donors (Lipinski definition) is 1. The highest BCUT2D eigenvalue weighted by molar-refractivity contribution is 5.76. The van der Waals surface area contributed by atoms with Crippen LogP contribution in [-0.4, -0.2) is 38.4 Å². The van der Waals surface area contributed by atoms with E-state index in [2.05, 4.69) is 5.32 Å². The van der Waals surface area contributed by atoms with Crippen LogP contribution in [0.5, 0.6) is 0 Å². The molecular formula is C14H17F2NO3. The van der Waals surface area contributed by atoms with Gasteiger partial charge < -0.3 is 14.8 Å². The summed E-state index contributed by atoms with van der Waals surface area (Å²) in [6.07, 6.45) is 0.472. The topological polar surface area (TPSA) is 47.6 Å². The fourth-order valence-corrected chi connectivity index (χ4v) is 1.92. The molecule has 4 nitrogen and oxygen atoms in total. The third-order valence-corrected chi connectivity index (χ3v) is 3.04. The van der Waals surface area contributed by atoms with Crippen molar-refractivity contribution in [1.29, 1.82) is 0 Å². The van der Waals surface area contributed by atoms with E-state index in [1.54, 1.807) is 0 Å². The molecule has 0 spiro atoms. The number of halogens is 2. The van der Waals surface area contributed by atoms with E-state index >= 15 is 0 Å². The third kappa shape index (κ3) is 4.54. The zero-order valence-corrected chi connectivity index (χ0v) is 11.0. The summed E-state index contributed by atoms with van der Waals surface area (Å²) in [7, 11) is 0. The molecule has 0 aliphatic carbocycles. The van der Waals surface area contributed by atoms with Crippen molar-refractivity contribution in [3.05, 3.63) is 35.4 Å². The number of amides is 1. The Morgan fingerprint density at radius 1 is 1.30 bits per heavy atom. The molecule has 6 heteroatoms. The van der Waals surface area contributed by atoms with Gasteiger partial charge in [0.1, 0.15) is 0 Å². The SMILES string of the molecule is O=C(CCc1ccc(F)c(F)c1)NC[C@@H]1COCCO1. The number of aryl methyl sites for hydroxylation is 1. The van der Waals surface area contributed by atoms with Crippen molar-refractivity contribution >= 4 is 5.91 Å². The minimum absolute atomic E-state index is 0.115. The zero-order valence-electron chi connectivity index (χ0n) is 11.0. The van der Waals surface area contributed by atoms with Gasteiger partial charge in [-0.3, -0.25) is 4.79 Å². The molecule has 1 aliphatic heterocycles. The van der Waals surface area contributed by atoms with Crippen LogP contribution in [0.4, 0.5) is 8.78 Å². The Morgan fingerprint density at radius 3 is 2.85 bits per heavy atom. The van der Waals surface area contributed by atoms with Crippen molar-refractivity contribution in [2.24, 2.45) is 0 Å². The average molecular weight is 285 g/mol. The predicted molar refractivity (Wildman–Crippen MR) is 68.2 cm³/mol. The molecule has 1 N–H and O–H groups in total. The van der Waals surface area contributed by atoms with Gasteiger partial charge in [0.15, 0.2) is 11.6 Å². The predicted octanol–water partition coefficient (Wildman–Crippen LogP) is 1.43. The lowest BCUT2D eigenvalue weighted by Crippen LogP contribution is -2.39. The Kier molecular flexibility index (Phi) is 5.43. The highest BCUT2D eigenvalue weighted by Crippen LogP contribution is 2.10. The average Bonchev–Trinajstić information content (AvgIpc) is 2.47. The van der Waals surface area contributed by atoms with Crippen LogP contribution in [0, 0.1) is 11.6 Å². The van der Waals surface area contributed by atoms with Crippen molar-refractivity contribution < 1.29 is 23.0 Å². The molecule has 2 rings (SSSR count). The largest absolute Gasteiger partial charge is 0.376 e. The standard InChI is InChI=1S/C14H17F2NO3/c15-12-3-1-10(7-13(12)16)2-4-14(18)17-8-11-9-19-5-6-20-11/h1,3,7,11H,2,4-6,8-9H2,(H,17,18)/t11-/m1/s1. The Labute approximate surface area is 116 Å². The van der Waals surface area contributed by atoms with E-state index in [-0.39, 0.29) is 18.4 Å². The van der Waals surface area contributed by atoms with Gasteiger partial charge in [-0.05, 0) is 24.1 Å². The van der Waals surface area contributed by atoms with Crippen LogP contribution in [0.3, 0.4) is 0 Å². The Bertz CT molecular complexity index is 462. The molecule has 1 aliphatic rings. The third-order valence-electron chi connectivity index (χ3n) is 3.04. The fourth-order valence-electron chi connectivity index (χ4n) is 1.92. The van der Waals surface area contributed by atoms with E-state index in [9.17, 15) is 13.6 Å². The quantitative estimate of drug-likeness (QED) is 0.890. The van der Waals surface area contributed by atoms with E-state index in [0.717, 1.165) is 12.1 Å². The van der Waals surface area contributed by atoms with Gasteiger partial charge in [0.25, 0.3) is 0 Å². The Morgan fingerprint density at radius 2 is 2.15 bits per heavy atom. The van der Waals surface area contributed by atoms with Crippen LogP contribution in [0.15, 0.2) is 18.2 Å². The molecule has 0 aromatic heterocycles. The van der Waals surface area contributed by atoms with Crippen molar-refractivity contribution in [3.8, 4) is 0 Å². The lowest BCUT2D eigenvalue weighted by molar-refractivity contribution is -0.123. The molecule has 1 aromatic rings. The monoisotopic (exact) mass is 285 g/mol. The van der Waals surface area contributed by atoms with Crippen LogP contribution in [0.2, 0.25) is 0 Å². The van der Waals surface area contributed by atoms with E-state index in [4.69, 9.17) is 9.47 Å². The lowest BCUT2D eigenvalue weighted by Gasteiger charge is -2.23. The number of hydrogen-bond acceptors (Lipinski definition) is 3. The minimum atomic E-state index is -0.893. The molecule has 0 bridgehead atoms. The first-order chi connectivity index (χ1) is 9.65. The van der Waals surface area contributed by atoms with Crippen molar-refractivity contribution in [3.63, 3.8) is 0 Å². The maximum atomic E-state index is 13.0. The first-order valence-electron chi connectivity index (χ1n) is 6.55. The summed E-state index contributed by atoms with van der Waals surface area (Å²) in [5.74, 6) is -1.92. The van der Waals surface area contributed by atoms with Gasteiger partial charge in [-0.25, -0.2) is 8.78 Å². The second kappa shape index (κ2) is 7.31. The number of nitrogens with one attached hydrogen (secondary N) is 1. The highest BCUT2D eigenvalue weighted by Gasteiger charge is 2.15. The second-order valence-electron chi connectivity index (χ2n) is 4.62. The molecular weight excluding hydrogens is 268 g/mol. The van der Waals surface area contributed by atoms with Crippen LogP contribution in [0.1, 0.15) is 12.0 Å². The van der Waals surface area contributed by atoms with E-state index in [1.807, 2.05) is 0 Å². The number of benzene rings is 1. The molecule has 1 atom stereocenters. The summed E-state index contributed by atoms with van der Waals surface area (Å²) in [5, 5.41) is 2.74. The second-order valence-corrected chi connectivity index (χ2v) is 4.62. The van der Waals surface area contributed by atoms with E-state index < -0.39 is 11.6 Å². The van der Waals surface area contributed by atoms with Gasteiger partial charge in [-0.1, -0.05) is 6.07 Å². The normalized spacial score (nSPS) is 18.8. The molecule has 1 amide bonds.